The topological polar surface area (TPSA) is 39.3 Å². The maximum Gasteiger partial charge on any atom is 0.230 e. The number of benzene rings is 2. The van der Waals surface area contributed by atoms with Crippen molar-refractivity contribution in [2.45, 2.75) is 44.4 Å². The van der Waals surface area contributed by atoms with Crippen molar-refractivity contribution in [3.8, 4) is 0 Å². The largest absolute Gasteiger partial charge is 0.361 e. The molecule has 1 aliphatic carbocycles. The first-order valence-corrected chi connectivity index (χ1v) is 12.1. The molecule has 1 amide bonds. The molecule has 1 N–H and O–H groups in total. The summed E-state index contributed by atoms with van der Waals surface area (Å²) in [5.41, 5.74) is 2.85. The van der Waals surface area contributed by atoms with Crippen LogP contribution in [0, 0.1) is 17.6 Å². The summed E-state index contributed by atoms with van der Waals surface area (Å²) in [5, 5.41) is 1.09. The minimum atomic E-state index is -0.287. The molecular weight excluding hydrogens is 420 g/mol. The number of fused-ring (bicyclic) bond motifs is 1. The molecule has 1 saturated heterocycles. The van der Waals surface area contributed by atoms with E-state index in [9.17, 15) is 13.6 Å². The van der Waals surface area contributed by atoms with Crippen molar-refractivity contribution >= 4 is 22.5 Å². The second kappa shape index (κ2) is 9.64. The highest BCUT2D eigenvalue weighted by atomic mass is 19.1. The molecule has 1 atom stereocenters. The van der Waals surface area contributed by atoms with Gasteiger partial charge in [0.05, 0.1) is 0 Å². The number of aromatic amines is 1. The first kappa shape index (κ1) is 22.1. The number of likely N-dealkylation sites (tertiary alicyclic amines) is 1. The lowest BCUT2D eigenvalue weighted by Crippen LogP contribution is -2.42. The smallest absolute Gasteiger partial charge is 0.230 e. The molecule has 3 aromatic rings. The van der Waals surface area contributed by atoms with E-state index in [0.717, 1.165) is 68.3 Å². The summed E-state index contributed by atoms with van der Waals surface area (Å²) in [7, 11) is 0. The second-order valence-electron chi connectivity index (χ2n) is 9.52. The Balaban J connectivity index is 1.27. The Labute approximate surface area is 193 Å². The molecule has 2 fully saturated rings. The van der Waals surface area contributed by atoms with Gasteiger partial charge in [-0.25, -0.2) is 8.78 Å². The van der Waals surface area contributed by atoms with Gasteiger partial charge in [0.15, 0.2) is 0 Å². The molecule has 33 heavy (non-hydrogen) atoms. The maximum absolute atomic E-state index is 13.5. The van der Waals surface area contributed by atoms with E-state index in [2.05, 4.69) is 9.88 Å². The van der Waals surface area contributed by atoms with E-state index in [4.69, 9.17) is 0 Å². The van der Waals surface area contributed by atoms with Crippen LogP contribution in [0.15, 0.2) is 48.7 Å². The van der Waals surface area contributed by atoms with Gasteiger partial charge in [-0.05, 0) is 79.8 Å². The van der Waals surface area contributed by atoms with Crippen molar-refractivity contribution in [3.63, 3.8) is 0 Å². The van der Waals surface area contributed by atoms with Gasteiger partial charge in [0.25, 0.3) is 0 Å². The number of nitrogens with zero attached hydrogens (tertiary/aromatic N) is 2. The molecule has 5 rings (SSSR count). The van der Waals surface area contributed by atoms with Crippen LogP contribution in [0.3, 0.4) is 0 Å². The highest BCUT2D eigenvalue weighted by Crippen LogP contribution is 2.33. The first-order valence-electron chi connectivity index (χ1n) is 12.1. The third kappa shape index (κ3) is 4.81. The summed E-state index contributed by atoms with van der Waals surface area (Å²) in [5.74, 6) is 0.118. The number of amides is 1. The van der Waals surface area contributed by atoms with Crippen molar-refractivity contribution in [1.82, 2.24) is 9.88 Å². The lowest BCUT2D eigenvalue weighted by Gasteiger charge is -2.31. The summed E-state index contributed by atoms with van der Waals surface area (Å²) in [6.07, 6.45) is 8.36. The molecule has 6 heteroatoms. The molecule has 1 saturated carbocycles. The number of anilines is 1. The number of halogens is 2. The van der Waals surface area contributed by atoms with E-state index in [1.54, 1.807) is 18.2 Å². The minimum absolute atomic E-state index is 0.0711. The molecule has 2 aromatic carbocycles. The van der Waals surface area contributed by atoms with Crippen LogP contribution in [0.2, 0.25) is 0 Å². The molecule has 2 heterocycles. The molecule has 174 valence electrons. The molecule has 0 spiro atoms. The van der Waals surface area contributed by atoms with Gasteiger partial charge < -0.3 is 14.8 Å². The SMILES string of the molecule is O=C(C1CCCCC1)N(CCN1CCC(c2c[nH]c3cc(F)ccc23)C1)c1ccc(F)cc1. The number of hydrogen-bond donors (Lipinski definition) is 1. The molecular formula is C27H31F2N3O. The van der Waals surface area contributed by atoms with Crippen molar-refractivity contribution in [2.24, 2.45) is 5.92 Å². The van der Waals surface area contributed by atoms with Crippen LogP contribution in [0.1, 0.15) is 50.0 Å². The predicted octanol–water partition coefficient (Wildman–Crippen LogP) is 5.85. The van der Waals surface area contributed by atoms with Crippen molar-refractivity contribution in [2.75, 3.05) is 31.1 Å². The molecule has 4 nitrogen and oxygen atoms in total. The van der Waals surface area contributed by atoms with Gasteiger partial charge in [0, 0.05) is 48.3 Å². The Morgan fingerprint density at radius 1 is 1.00 bits per heavy atom. The van der Waals surface area contributed by atoms with Crippen LogP contribution in [0.5, 0.6) is 0 Å². The second-order valence-corrected chi connectivity index (χ2v) is 9.52. The third-order valence-corrected chi connectivity index (χ3v) is 7.39. The highest BCUT2D eigenvalue weighted by Gasteiger charge is 2.29. The van der Waals surface area contributed by atoms with Crippen LogP contribution >= 0.6 is 0 Å². The quantitative estimate of drug-likeness (QED) is 0.511. The molecule has 1 unspecified atom stereocenters. The maximum atomic E-state index is 13.5. The van der Waals surface area contributed by atoms with Gasteiger partial charge in [-0.15, -0.1) is 0 Å². The van der Waals surface area contributed by atoms with E-state index >= 15 is 0 Å². The number of carbonyl (C=O) groups excluding carboxylic acids is 1. The summed E-state index contributed by atoms with van der Waals surface area (Å²) >= 11 is 0. The lowest BCUT2D eigenvalue weighted by molar-refractivity contribution is -0.123. The zero-order valence-electron chi connectivity index (χ0n) is 18.9. The predicted molar refractivity (Wildman–Crippen MR) is 127 cm³/mol. The van der Waals surface area contributed by atoms with Crippen molar-refractivity contribution in [1.29, 1.82) is 0 Å². The number of H-pyrrole nitrogens is 1. The van der Waals surface area contributed by atoms with Crippen LogP contribution in [0.25, 0.3) is 10.9 Å². The third-order valence-electron chi connectivity index (χ3n) is 7.39. The fourth-order valence-corrected chi connectivity index (χ4v) is 5.55. The first-order chi connectivity index (χ1) is 16.1. The van der Waals surface area contributed by atoms with E-state index < -0.39 is 0 Å². The van der Waals surface area contributed by atoms with Crippen LogP contribution in [-0.4, -0.2) is 42.0 Å². The summed E-state index contributed by atoms with van der Waals surface area (Å²) in [4.78, 5) is 20.9. The Kier molecular flexibility index (Phi) is 6.45. The summed E-state index contributed by atoms with van der Waals surface area (Å²) in [6, 6.07) is 11.2. The Morgan fingerprint density at radius 3 is 2.55 bits per heavy atom. The number of carbonyl (C=O) groups is 1. The standard InChI is InChI=1S/C27H31F2N3O/c28-21-6-9-23(10-7-21)32(27(33)19-4-2-1-3-5-19)15-14-31-13-12-20(18-31)25-17-30-26-16-22(29)8-11-24(25)26/h6-11,16-17,19-20,30H,1-5,12-15,18H2. The summed E-state index contributed by atoms with van der Waals surface area (Å²) < 4.78 is 27.1. The van der Waals surface area contributed by atoms with E-state index in [1.165, 1.54) is 30.2 Å². The average molecular weight is 452 g/mol. The van der Waals surface area contributed by atoms with Crippen LogP contribution in [-0.2, 0) is 4.79 Å². The Hall–Kier alpha value is -2.73. The normalized spacial score (nSPS) is 19.9. The van der Waals surface area contributed by atoms with Crippen molar-refractivity contribution < 1.29 is 13.6 Å². The van der Waals surface area contributed by atoms with Gasteiger partial charge in [-0.2, -0.15) is 0 Å². The highest BCUT2D eigenvalue weighted by molar-refractivity contribution is 5.95. The van der Waals surface area contributed by atoms with Gasteiger partial charge in [-0.1, -0.05) is 19.3 Å². The van der Waals surface area contributed by atoms with E-state index in [-0.39, 0.29) is 23.5 Å². The van der Waals surface area contributed by atoms with Crippen LogP contribution < -0.4 is 4.90 Å². The Bertz CT molecular complexity index is 1100. The molecule has 2 aliphatic rings. The van der Waals surface area contributed by atoms with E-state index in [0.29, 0.717) is 12.5 Å². The van der Waals surface area contributed by atoms with Crippen LogP contribution in [0.4, 0.5) is 14.5 Å². The number of rotatable bonds is 6. The average Bonchev–Trinajstić information content (AvgIpc) is 3.47. The summed E-state index contributed by atoms with van der Waals surface area (Å²) in [6.45, 7) is 3.27. The van der Waals surface area contributed by atoms with E-state index in [1.807, 2.05) is 17.2 Å². The number of aromatic nitrogens is 1. The fourth-order valence-electron chi connectivity index (χ4n) is 5.55. The monoisotopic (exact) mass is 451 g/mol. The van der Waals surface area contributed by atoms with Gasteiger partial charge in [-0.3, -0.25) is 4.79 Å². The number of nitrogens with one attached hydrogen (secondary N) is 1. The number of hydrogen-bond acceptors (Lipinski definition) is 2. The minimum Gasteiger partial charge on any atom is -0.361 e. The Morgan fingerprint density at radius 2 is 1.76 bits per heavy atom. The zero-order valence-corrected chi connectivity index (χ0v) is 18.9. The fraction of sp³-hybridized carbons (Fsp3) is 0.444. The molecule has 0 bridgehead atoms. The van der Waals surface area contributed by atoms with Gasteiger partial charge in [0.1, 0.15) is 11.6 Å². The lowest BCUT2D eigenvalue weighted by atomic mass is 9.88. The van der Waals surface area contributed by atoms with Gasteiger partial charge in [0.2, 0.25) is 5.91 Å². The van der Waals surface area contributed by atoms with Crippen molar-refractivity contribution in [3.05, 3.63) is 65.9 Å². The zero-order chi connectivity index (χ0) is 22.8. The molecule has 1 aliphatic heterocycles. The van der Waals surface area contributed by atoms with Gasteiger partial charge >= 0.3 is 0 Å². The molecule has 1 aromatic heterocycles. The molecule has 0 radical (unpaired) electrons.